The maximum Gasteiger partial charge on any atom is 0.222 e. The predicted molar refractivity (Wildman–Crippen MR) is 81.8 cm³/mol. The van der Waals surface area contributed by atoms with Gasteiger partial charge in [-0.15, -0.1) is 0 Å². The molecule has 1 aromatic rings. The van der Waals surface area contributed by atoms with Crippen molar-refractivity contribution >= 4 is 5.91 Å². The maximum atomic E-state index is 13.4. The lowest BCUT2D eigenvalue weighted by Crippen LogP contribution is -2.42. The van der Waals surface area contributed by atoms with E-state index in [1.165, 1.54) is 6.07 Å². The maximum absolute atomic E-state index is 13.4. The molecule has 1 N–H and O–H groups in total. The zero-order valence-electron chi connectivity index (χ0n) is 13.1. The van der Waals surface area contributed by atoms with E-state index < -0.39 is 17.7 Å². The first-order valence-corrected chi connectivity index (χ1v) is 8.18. The van der Waals surface area contributed by atoms with Crippen LogP contribution in [0.5, 0.6) is 0 Å². The number of hydrogen-bond acceptors (Lipinski definition) is 3. The van der Waals surface area contributed by atoms with Gasteiger partial charge in [-0.3, -0.25) is 4.79 Å². The number of carbonyl (C=O) groups is 1. The third kappa shape index (κ3) is 4.06. The summed E-state index contributed by atoms with van der Waals surface area (Å²) in [7, 11) is 0. The van der Waals surface area contributed by atoms with Crippen LogP contribution in [0.15, 0.2) is 18.2 Å². The number of ether oxygens (including phenoxy) is 1. The standard InChI is InChI=1S/C17H22F2N2O2/c18-14-3-2-13(9-15(14)19)16-11-21(7-8-23-16)17(22)4-1-12-5-6-20-10-12/h2-3,9,12,16,20H,1,4-8,10-11H2. The summed E-state index contributed by atoms with van der Waals surface area (Å²) in [5.74, 6) is -1.05. The van der Waals surface area contributed by atoms with E-state index in [0.717, 1.165) is 38.1 Å². The lowest BCUT2D eigenvalue weighted by atomic mass is 10.0. The van der Waals surface area contributed by atoms with Crippen molar-refractivity contribution in [3.63, 3.8) is 0 Å². The summed E-state index contributed by atoms with van der Waals surface area (Å²) < 4.78 is 32.0. The zero-order chi connectivity index (χ0) is 16.2. The molecule has 3 rings (SSSR count). The lowest BCUT2D eigenvalue weighted by Gasteiger charge is -2.33. The summed E-state index contributed by atoms with van der Waals surface area (Å²) in [5.41, 5.74) is 0.571. The van der Waals surface area contributed by atoms with E-state index in [-0.39, 0.29) is 5.91 Å². The van der Waals surface area contributed by atoms with Crippen molar-refractivity contribution in [3.05, 3.63) is 35.4 Å². The van der Waals surface area contributed by atoms with Gasteiger partial charge in [-0.1, -0.05) is 6.07 Å². The Hall–Kier alpha value is -1.53. The average Bonchev–Trinajstić information content (AvgIpc) is 3.09. The molecule has 4 nitrogen and oxygen atoms in total. The molecule has 0 bridgehead atoms. The first-order valence-electron chi connectivity index (χ1n) is 8.18. The van der Waals surface area contributed by atoms with Gasteiger partial charge in [0.1, 0.15) is 6.10 Å². The fourth-order valence-corrected chi connectivity index (χ4v) is 3.24. The molecule has 1 aromatic carbocycles. The number of rotatable bonds is 4. The van der Waals surface area contributed by atoms with Crippen molar-refractivity contribution < 1.29 is 18.3 Å². The molecule has 0 saturated carbocycles. The van der Waals surface area contributed by atoms with Gasteiger partial charge in [0.15, 0.2) is 11.6 Å². The van der Waals surface area contributed by atoms with Gasteiger partial charge in [0.05, 0.1) is 13.2 Å². The number of nitrogens with zero attached hydrogens (tertiary/aromatic N) is 1. The van der Waals surface area contributed by atoms with Gasteiger partial charge < -0.3 is 15.0 Å². The van der Waals surface area contributed by atoms with E-state index in [4.69, 9.17) is 4.74 Å². The summed E-state index contributed by atoms with van der Waals surface area (Å²) in [5, 5.41) is 3.30. The normalized spacial score (nSPS) is 24.9. The number of halogens is 2. The molecule has 0 aliphatic carbocycles. The third-order valence-corrected chi connectivity index (χ3v) is 4.66. The molecule has 2 saturated heterocycles. The molecule has 0 spiro atoms. The van der Waals surface area contributed by atoms with Gasteiger partial charge in [-0.25, -0.2) is 8.78 Å². The second-order valence-corrected chi connectivity index (χ2v) is 6.27. The Morgan fingerprint density at radius 3 is 2.96 bits per heavy atom. The molecule has 2 atom stereocenters. The molecular formula is C17H22F2N2O2. The van der Waals surface area contributed by atoms with Gasteiger partial charge in [-0.05, 0) is 49.5 Å². The molecule has 2 heterocycles. The molecule has 23 heavy (non-hydrogen) atoms. The molecule has 2 aliphatic rings. The molecule has 2 fully saturated rings. The Morgan fingerprint density at radius 1 is 1.35 bits per heavy atom. The van der Waals surface area contributed by atoms with Crippen molar-refractivity contribution in [2.45, 2.75) is 25.4 Å². The largest absolute Gasteiger partial charge is 0.370 e. The van der Waals surface area contributed by atoms with E-state index in [0.29, 0.717) is 37.6 Å². The highest BCUT2D eigenvalue weighted by Crippen LogP contribution is 2.25. The summed E-state index contributed by atoms with van der Waals surface area (Å²) in [6.07, 6.45) is 2.18. The van der Waals surface area contributed by atoms with Gasteiger partial charge in [0.2, 0.25) is 5.91 Å². The highest BCUT2D eigenvalue weighted by Gasteiger charge is 2.26. The van der Waals surface area contributed by atoms with Crippen LogP contribution in [0, 0.1) is 17.6 Å². The first-order chi connectivity index (χ1) is 11.1. The summed E-state index contributed by atoms with van der Waals surface area (Å²) >= 11 is 0. The van der Waals surface area contributed by atoms with E-state index >= 15 is 0 Å². The van der Waals surface area contributed by atoms with Gasteiger partial charge in [0.25, 0.3) is 0 Å². The van der Waals surface area contributed by atoms with E-state index in [2.05, 4.69) is 5.32 Å². The number of nitrogens with one attached hydrogen (secondary N) is 1. The molecular weight excluding hydrogens is 302 g/mol. The number of morpholine rings is 1. The molecule has 2 unspecified atom stereocenters. The van der Waals surface area contributed by atoms with Crippen LogP contribution in [0.4, 0.5) is 8.78 Å². The Morgan fingerprint density at radius 2 is 2.22 bits per heavy atom. The second kappa shape index (κ2) is 7.36. The van der Waals surface area contributed by atoms with Crippen LogP contribution in [0.1, 0.15) is 30.9 Å². The smallest absolute Gasteiger partial charge is 0.222 e. The quantitative estimate of drug-likeness (QED) is 0.924. The van der Waals surface area contributed by atoms with Gasteiger partial charge >= 0.3 is 0 Å². The molecule has 0 aromatic heterocycles. The summed E-state index contributed by atoms with van der Waals surface area (Å²) in [4.78, 5) is 14.1. The molecule has 6 heteroatoms. The SMILES string of the molecule is O=C(CCC1CCNC1)N1CCOC(c2ccc(F)c(F)c2)C1. The van der Waals surface area contributed by atoms with Crippen LogP contribution in [0.25, 0.3) is 0 Å². The highest BCUT2D eigenvalue weighted by molar-refractivity contribution is 5.76. The predicted octanol–water partition coefficient (Wildman–Crippen LogP) is 2.25. The molecule has 0 radical (unpaired) electrons. The monoisotopic (exact) mass is 324 g/mol. The Labute approximate surface area is 134 Å². The first kappa shape index (κ1) is 16.3. The van der Waals surface area contributed by atoms with Crippen molar-refractivity contribution in [3.8, 4) is 0 Å². The minimum atomic E-state index is -0.886. The Bertz CT molecular complexity index is 562. The number of hydrogen-bond donors (Lipinski definition) is 1. The van der Waals surface area contributed by atoms with Crippen molar-refractivity contribution in [2.75, 3.05) is 32.8 Å². The second-order valence-electron chi connectivity index (χ2n) is 6.27. The minimum Gasteiger partial charge on any atom is -0.370 e. The molecule has 2 aliphatic heterocycles. The van der Waals surface area contributed by atoms with Crippen LogP contribution in [-0.4, -0.2) is 43.6 Å². The van der Waals surface area contributed by atoms with Gasteiger partial charge in [-0.2, -0.15) is 0 Å². The highest BCUT2D eigenvalue weighted by atomic mass is 19.2. The van der Waals surface area contributed by atoms with Crippen LogP contribution in [0.3, 0.4) is 0 Å². The van der Waals surface area contributed by atoms with Crippen molar-refractivity contribution in [1.29, 1.82) is 0 Å². The number of amides is 1. The summed E-state index contributed by atoms with van der Waals surface area (Å²) in [6, 6.07) is 3.77. The molecule has 1 amide bonds. The van der Waals surface area contributed by atoms with Crippen LogP contribution >= 0.6 is 0 Å². The van der Waals surface area contributed by atoms with E-state index in [1.807, 2.05) is 0 Å². The Balaban J connectivity index is 1.56. The average molecular weight is 324 g/mol. The van der Waals surface area contributed by atoms with E-state index in [1.54, 1.807) is 4.90 Å². The van der Waals surface area contributed by atoms with Crippen LogP contribution in [-0.2, 0) is 9.53 Å². The minimum absolute atomic E-state index is 0.118. The van der Waals surface area contributed by atoms with Crippen LogP contribution < -0.4 is 5.32 Å². The summed E-state index contributed by atoms with van der Waals surface area (Å²) in [6.45, 7) is 3.40. The Kier molecular flexibility index (Phi) is 5.23. The van der Waals surface area contributed by atoms with Crippen molar-refractivity contribution in [1.82, 2.24) is 10.2 Å². The fraction of sp³-hybridized carbons (Fsp3) is 0.588. The van der Waals surface area contributed by atoms with E-state index in [9.17, 15) is 13.6 Å². The molecule has 126 valence electrons. The fourth-order valence-electron chi connectivity index (χ4n) is 3.24. The third-order valence-electron chi connectivity index (χ3n) is 4.66. The lowest BCUT2D eigenvalue weighted by molar-refractivity contribution is -0.139. The number of benzene rings is 1. The zero-order valence-corrected chi connectivity index (χ0v) is 13.1. The topological polar surface area (TPSA) is 41.6 Å². The van der Waals surface area contributed by atoms with Gasteiger partial charge in [0, 0.05) is 13.0 Å². The van der Waals surface area contributed by atoms with Crippen LogP contribution in [0.2, 0.25) is 0 Å². The number of carbonyl (C=O) groups excluding carboxylic acids is 1. The van der Waals surface area contributed by atoms with Crippen molar-refractivity contribution in [2.24, 2.45) is 5.92 Å².